The first-order chi connectivity index (χ1) is 9.15. The van der Waals surface area contributed by atoms with Crippen LogP contribution in [0.2, 0.25) is 0 Å². The predicted octanol–water partition coefficient (Wildman–Crippen LogP) is 3.53. The average molecular weight is 264 g/mol. The molecule has 1 aromatic carbocycles. The van der Waals surface area contributed by atoms with Gasteiger partial charge in [-0.25, -0.2) is 4.39 Å². The Morgan fingerprint density at radius 1 is 1.26 bits per heavy atom. The van der Waals surface area contributed by atoms with Crippen LogP contribution in [0.5, 0.6) is 0 Å². The van der Waals surface area contributed by atoms with E-state index < -0.39 is 0 Å². The summed E-state index contributed by atoms with van der Waals surface area (Å²) in [6, 6.07) is 6.06. The highest BCUT2D eigenvalue weighted by molar-refractivity contribution is 5.82. The number of hydrogen-bond donors (Lipinski definition) is 0. The summed E-state index contributed by atoms with van der Waals surface area (Å²) in [6.07, 6.45) is 5.26. The van der Waals surface area contributed by atoms with Gasteiger partial charge in [0.2, 0.25) is 0 Å². The van der Waals surface area contributed by atoms with Crippen LogP contribution < -0.4 is 0 Å². The second kappa shape index (κ2) is 6.80. The van der Waals surface area contributed by atoms with Crippen LogP contribution in [-0.4, -0.2) is 18.5 Å². The number of hydrogen-bond acceptors (Lipinski definition) is 2. The third kappa shape index (κ3) is 4.43. The zero-order chi connectivity index (χ0) is 13.7. The normalized spacial score (nSPS) is 23.3. The lowest BCUT2D eigenvalue weighted by Gasteiger charge is -2.28. The van der Waals surface area contributed by atoms with E-state index in [-0.39, 0.29) is 24.3 Å². The summed E-state index contributed by atoms with van der Waals surface area (Å²) in [5.41, 5.74) is 0.840. The van der Waals surface area contributed by atoms with Gasteiger partial charge in [0.15, 0.2) is 5.78 Å². The van der Waals surface area contributed by atoms with Crippen LogP contribution in [0.3, 0.4) is 0 Å². The SMILES string of the molecule is CC1CCCCC1OCC(=O)Cc1ccc(F)cc1. The van der Waals surface area contributed by atoms with Gasteiger partial charge < -0.3 is 4.74 Å². The molecule has 2 rings (SSSR count). The third-order valence-corrected chi connectivity index (χ3v) is 3.81. The first-order valence-electron chi connectivity index (χ1n) is 7.03. The molecule has 0 bridgehead atoms. The molecule has 2 atom stereocenters. The fourth-order valence-corrected chi connectivity index (χ4v) is 2.61. The maximum Gasteiger partial charge on any atom is 0.162 e. The van der Waals surface area contributed by atoms with Crippen LogP contribution >= 0.6 is 0 Å². The Morgan fingerprint density at radius 3 is 2.63 bits per heavy atom. The van der Waals surface area contributed by atoms with Gasteiger partial charge in [-0.15, -0.1) is 0 Å². The van der Waals surface area contributed by atoms with Crippen molar-refractivity contribution in [3.8, 4) is 0 Å². The van der Waals surface area contributed by atoms with Gasteiger partial charge in [-0.05, 0) is 36.5 Å². The molecule has 3 heteroatoms. The molecule has 0 N–H and O–H groups in total. The van der Waals surface area contributed by atoms with E-state index in [1.54, 1.807) is 12.1 Å². The quantitative estimate of drug-likeness (QED) is 0.813. The molecular weight excluding hydrogens is 243 g/mol. The minimum absolute atomic E-state index is 0.0596. The summed E-state index contributed by atoms with van der Waals surface area (Å²) >= 11 is 0. The molecule has 0 aromatic heterocycles. The maximum atomic E-state index is 12.7. The molecule has 0 aliphatic heterocycles. The molecule has 0 spiro atoms. The number of Topliss-reactive ketones (excluding diaryl/α,β-unsaturated/α-hetero) is 1. The molecule has 2 nitrogen and oxygen atoms in total. The highest BCUT2D eigenvalue weighted by Crippen LogP contribution is 2.26. The van der Waals surface area contributed by atoms with Gasteiger partial charge in [-0.3, -0.25) is 4.79 Å². The second-order valence-corrected chi connectivity index (χ2v) is 5.45. The molecular formula is C16H21FO2. The fraction of sp³-hybridized carbons (Fsp3) is 0.562. The lowest BCUT2D eigenvalue weighted by molar-refractivity contribution is -0.126. The van der Waals surface area contributed by atoms with Gasteiger partial charge in [0, 0.05) is 6.42 Å². The summed E-state index contributed by atoms with van der Waals surface area (Å²) in [5, 5.41) is 0. The largest absolute Gasteiger partial charge is 0.370 e. The van der Waals surface area contributed by atoms with Crippen molar-refractivity contribution in [1.29, 1.82) is 0 Å². The molecule has 2 unspecified atom stereocenters. The van der Waals surface area contributed by atoms with E-state index in [1.165, 1.54) is 31.4 Å². The Labute approximate surface area is 114 Å². The molecule has 1 aliphatic rings. The molecule has 0 saturated heterocycles. The van der Waals surface area contributed by atoms with Crippen molar-refractivity contribution in [3.05, 3.63) is 35.6 Å². The van der Waals surface area contributed by atoms with E-state index in [2.05, 4.69) is 6.92 Å². The number of carbonyl (C=O) groups is 1. The molecule has 1 fully saturated rings. The van der Waals surface area contributed by atoms with Crippen LogP contribution in [0, 0.1) is 11.7 Å². The first kappa shape index (κ1) is 14.2. The molecule has 0 radical (unpaired) electrons. The van der Waals surface area contributed by atoms with Crippen molar-refractivity contribution >= 4 is 5.78 Å². The van der Waals surface area contributed by atoms with Crippen molar-refractivity contribution in [2.24, 2.45) is 5.92 Å². The second-order valence-electron chi connectivity index (χ2n) is 5.45. The molecule has 19 heavy (non-hydrogen) atoms. The van der Waals surface area contributed by atoms with Crippen molar-refractivity contribution in [2.45, 2.75) is 45.1 Å². The van der Waals surface area contributed by atoms with Crippen molar-refractivity contribution in [3.63, 3.8) is 0 Å². The van der Waals surface area contributed by atoms with E-state index in [4.69, 9.17) is 4.74 Å². The number of rotatable bonds is 5. The van der Waals surface area contributed by atoms with Crippen LogP contribution in [-0.2, 0) is 16.0 Å². The van der Waals surface area contributed by atoms with Crippen LogP contribution in [0.25, 0.3) is 0 Å². The fourth-order valence-electron chi connectivity index (χ4n) is 2.61. The summed E-state index contributed by atoms with van der Waals surface area (Å²) < 4.78 is 18.5. The highest BCUT2D eigenvalue weighted by Gasteiger charge is 2.22. The van der Waals surface area contributed by atoms with E-state index in [1.807, 2.05) is 0 Å². The monoisotopic (exact) mass is 264 g/mol. The maximum absolute atomic E-state index is 12.7. The summed E-state index contributed by atoms with van der Waals surface area (Å²) in [6.45, 7) is 2.36. The Kier molecular flexibility index (Phi) is 5.08. The molecule has 1 saturated carbocycles. The van der Waals surface area contributed by atoms with E-state index in [0.717, 1.165) is 12.0 Å². The van der Waals surface area contributed by atoms with Crippen molar-refractivity contribution in [1.82, 2.24) is 0 Å². The summed E-state index contributed by atoms with van der Waals surface area (Å²) in [5.74, 6) is 0.334. The van der Waals surface area contributed by atoms with Gasteiger partial charge in [0.1, 0.15) is 12.4 Å². The van der Waals surface area contributed by atoms with Gasteiger partial charge in [-0.2, -0.15) is 0 Å². The Hall–Kier alpha value is -1.22. The molecule has 0 heterocycles. The average Bonchev–Trinajstić information content (AvgIpc) is 2.40. The van der Waals surface area contributed by atoms with Gasteiger partial charge in [0.05, 0.1) is 6.10 Å². The summed E-state index contributed by atoms with van der Waals surface area (Å²) in [4.78, 5) is 11.8. The number of ketones is 1. The van der Waals surface area contributed by atoms with Crippen LogP contribution in [0.4, 0.5) is 4.39 Å². The Balaban J connectivity index is 1.76. The molecule has 1 aromatic rings. The predicted molar refractivity (Wildman–Crippen MR) is 72.5 cm³/mol. The van der Waals surface area contributed by atoms with Crippen molar-refractivity contribution in [2.75, 3.05) is 6.61 Å². The number of carbonyl (C=O) groups excluding carboxylic acids is 1. The van der Waals surface area contributed by atoms with E-state index >= 15 is 0 Å². The van der Waals surface area contributed by atoms with Crippen LogP contribution in [0.15, 0.2) is 24.3 Å². The lowest BCUT2D eigenvalue weighted by Crippen LogP contribution is -2.28. The minimum Gasteiger partial charge on any atom is -0.370 e. The minimum atomic E-state index is -0.275. The summed E-state index contributed by atoms with van der Waals surface area (Å²) in [7, 11) is 0. The first-order valence-corrected chi connectivity index (χ1v) is 7.03. The Bertz CT molecular complexity index is 413. The zero-order valence-corrected chi connectivity index (χ0v) is 11.4. The van der Waals surface area contributed by atoms with Gasteiger partial charge in [0.25, 0.3) is 0 Å². The molecule has 104 valence electrons. The Morgan fingerprint density at radius 2 is 1.95 bits per heavy atom. The van der Waals surface area contributed by atoms with Gasteiger partial charge in [-0.1, -0.05) is 31.9 Å². The van der Waals surface area contributed by atoms with Gasteiger partial charge >= 0.3 is 0 Å². The topological polar surface area (TPSA) is 26.3 Å². The number of benzene rings is 1. The van der Waals surface area contributed by atoms with Crippen LogP contribution in [0.1, 0.15) is 38.2 Å². The smallest absolute Gasteiger partial charge is 0.162 e. The third-order valence-electron chi connectivity index (χ3n) is 3.81. The highest BCUT2D eigenvalue weighted by atomic mass is 19.1. The molecule has 1 aliphatic carbocycles. The molecule has 0 amide bonds. The number of halogens is 1. The van der Waals surface area contributed by atoms with Crippen molar-refractivity contribution < 1.29 is 13.9 Å². The lowest BCUT2D eigenvalue weighted by atomic mass is 9.88. The van der Waals surface area contributed by atoms with E-state index in [0.29, 0.717) is 12.3 Å². The number of ether oxygens (including phenoxy) is 1. The van der Waals surface area contributed by atoms with E-state index in [9.17, 15) is 9.18 Å². The standard InChI is InChI=1S/C16H21FO2/c1-12-4-2-3-5-16(12)19-11-15(18)10-13-6-8-14(17)9-7-13/h6-9,12,16H,2-5,10-11H2,1H3. The zero-order valence-electron chi connectivity index (χ0n) is 11.4.